The number of hydrazine groups is 1. The highest BCUT2D eigenvalue weighted by molar-refractivity contribution is 5.98. The number of hydrogen-bond donors (Lipinski definition) is 2. The monoisotopic (exact) mass is 360 g/mol. The summed E-state index contributed by atoms with van der Waals surface area (Å²) in [5.74, 6) is -0.352. The number of carboxylic acid groups (broad SMARTS) is 1. The van der Waals surface area contributed by atoms with Crippen LogP contribution in [0.2, 0.25) is 0 Å². The van der Waals surface area contributed by atoms with E-state index in [9.17, 15) is 9.59 Å². The van der Waals surface area contributed by atoms with E-state index in [0.29, 0.717) is 38.3 Å². The number of amides is 1. The van der Waals surface area contributed by atoms with Crippen LogP contribution in [0.15, 0.2) is 29.5 Å². The molecule has 3 rings (SSSR count). The minimum Gasteiger partial charge on any atom is -0.481 e. The molecule has 1 saturated heterocycles. The molecule has 8 heteroatoms. The molecule has 1 aromatic heterocycles. The minimum atomic E-state index is -0.989. The summed E-state index contributed by atoms with van der Waals surface area (Å²) in [4.78, 5) is 30.3. The van der Waals surface area contributed by atoms with Gasteiger partial charge in [-0.1, -0.05) is 11.6 Å². The zero-order chi connectivity index (χ0) is 18.5. The highest BCUT2D eigenvalue weighted by Crippen LogP contribution is 2.22. The molecule has 0 aromatic carbocycles. The number of ether oxygens (including phenoxy) is 1. The van der Waals surface area contributed by atoms with E-state index in [1.165, 1.54) is 5.01 Å². The van der Waals surface area contributed by atoms with Crippen LogP contribution in [0, 0.1) is 0 Å². The van der Waals surface area contributed by atoms with E-state index in [4.69, 9.17) is 9.84 Å². The molecule has 0 atom stereocenters. The van der Waals surface area contributed by atoms with Crippen molar-refractivity contribution in [1.82, 2.24) is 15.4 Å². The third kappa shape index (κ3) is 4.20. The van der Waals surface area contributed by atoms with E-state index in [1.807, 2.05) is 19.1 Å². The summed E-state index contributed by atoms with van der Waals surface area (Å²) >= 11 is 0. The molecule has 8 nitrogen and oxygen atoms in total. The van der Waals surface area contributed by atoms with Crippen molar-refractivity contribution >= 4 is 17.7 Å². The smallest absolute Gasteiger partial charge is 0.308 e. The summed E-state index contributed by atoms with van der Waals surface area (Å²) in [5, 5.41) is 10.5. The Labute approximate surface area is 152 Å². The molecule has 0 radical (unpaired) electrons. The summed E-state index contributed by atoms with van der Waals surface area (Å²) in [5.41, 5.74) is 5.37. The van der Waals surface area contributed by atoms with Crippen molar-refractivity contribution in [3.63, 3.8) is 0 Å². The average molecular weight is 360 g/mol. The fraction of sp³-hybridized carbons (Fsp3) is 0.500. The van der Waals surface area contributed by atoms with Crippen molar-refractivity contribution in [1.29, 1.82) is 0 Å². The molecule has 1 amide bonds. The van der Waals surface area contributed by atoms with Crippen LogP contribution in [0.4, 0.5) is 5.82 Å². The molecule has 0 unspecified atom stereocenters. The van der Waals surface area contributed by atoms with E-state index in [1.54, 1.807) is 6.20 Å². The Morgan fingerprint density at radius 3 is 2.85 bits per heavy atom. The van der Waals surface area contributed by atoms with E-state index in [2.05, 4.69) is 15.3 Å². The first-order valence-corrected chi connectivity index (χ1v) is 8.78. The third-order valence-electron chi connectivity index (χ3n) is 4.70. The number of rotatable bonds is 6. The van der Waals surface area contributed by atoms with Crippen LogP contribution in [-0.4, -0.2) is 59.8 Å². The van der Waals surface area contributed by atoms with Crippen molar-refractivity contribution in [2.24, 2.45) is 0 Å². The molecule has 0 saturated carbocycles. The lowest BCUT2D eigenvalue weighted by Crippen LogP contribution is -2.47. The Morgan fingerprint density at radius 2 is 2.12 bits per heavy atom. The second kappa shape index (κ2) is 8.29. The maximum Gasteiger partial charge on any atom is 0.308 e. The van der Waals surface area contributed by atoms with Gasteiger partial charge < -0.3 is 14.7 Å². The zero-order valence-corrected chi connectivity index (χ0v) is 14.9. The molecule has 140 valence electrons. The molecule has 0 spiro atoms. The number of hydrogen-bond acceptors (Lipinski definition) is 6. The van der Waals surface area contributed by atoms with Gasteiger partial charge in [0, 0.05) is 43.5 Å². The summed E-state index contributed by atoms with van der Waals surface area (Å²) < 4.78 is 5.39. The van der Waals surface area contributed by atoms with Gasteiger partial charge in [0.05, 0.1) is 19.6 Å². The molecule has 1 aromatic rings. The highest BCUT2D eigenvalue weighted by atomic mass is 16.5. The number of aromatic nitrogens is 1. The molecular weight excluding hydrogens is 336 g/mol. The van der Waals surface area contributed by atoms with Gasteiger partial charge in [-0.15, -0.1) is 0 Å². The molecule has 0 aliphatic carbocycles. The van der Waals surface area contributed by atoms with Crippen molar-refractivity contribution in [3.8, 4) is 0 Å². The second-order valence-electron chi connectivity index (χ2n) is 6.46. The number of carbonyl (C=O) groups excluding carboxylic acids is 1. The lowest BCUT2D eigenvalue weighted by molar-refractivity contribution is -0.139. The largest absolute Gasteiger partial charge is 0.481 e. The van der Waals surface area contributed by atoms with Crippen molar-refractivity contribution in [3.05, 3.63) is 35.0 Å². The summed E-state index contributed by atoms with van der Waals surface area (Å²) in [6.45, 7) is 5.74. The van der Waals surface area contributed by atoms with Gasteiger partial charge in [0.15, 0.2) is 0 Å². The first-order chi connectivity index (χ1) is 12.6. The van der Waals surface area contributed by atoms with Crippen LogP contribution in [0.5, 0.6) is 0 Å². The van der Waals surface area contributed by atoms with Gasteiger partial charge in [-0.05, 0) is 19.4 Å². The van der Waals surface area contributed by atoms with E-state index < -0.39 is 5.97 Å². The van der Waals surface area contributed by atoms with Gasteiger partial charge in [0.1, 0.15) is 5.82 Å². The molecular formula is C18H24N4O4. The summed E-state index contributed by atoms with van der Waals surface area (Å²) in [7, 11) is 0. The number of carbonyl (C=O) groups is 2. The molecule has 2 aliphatic heterocycles. The van der Waals surface area contributed by atoms with Crippen LogP contribution in [0.1, 0.15) is 25.3 Å². The molecule has 26 heavy (non-hydrogen) atoms. The Hall–Kier alpha value is -2.45. The number of morpholine rings is 1. The zero-order valence-electron chi connectivity index (χ0n) is 14.9. The number of pyridine rings is 1. The predicted molar refractivity (Wildman–Crippen MR) is 95.4 cm³/mol. The Kier molecular flexibility index (Phi) is 5.85. The second-order valence-corrected chi connectivity index (χ2v) is 6.46. The summed E-state index contributed by atoms with van der Waals surface area (Å²) in [6, 6.07) is 3.86. The Bertz CT molecular complexity index is 713. The maximum absolute atomic E-state index is 12.6. The van der Waals surface area contributed by atoms with Crippen molar-refractivity contribution < 1.29 is 19.4 Å². The lowest BCUT2D eigenvalue weighted by Gasteiger charge is -2.32. The van der Waals surface area contributed by atoms with Gasteiger partial charge >= 0.3 is 5.97 Å². The van der Waals surface area contributed by atoms with Gasteiger partial charge in [-0.25, -0.2) is 10.4 Å². The van der Waals surface area contributed by atoms with E-state index in [-0.39, 0.29) is 12.3 Å². The van der Waals surface area contributed by atoms with Crippen molar-refractivity contribution in [2.75, 3.05) is 37.7 Å². The van der Waals surface area contributed by atoms with Crippen molar-refractivity contribution in [2.45, 2.75) is 26.3 Å². The average Bonchev–Trinajstić information content (AvgIpc) is 2.65. The minimum absolute atomic E-state index is 0.241. The Balaban J connectivity index is 1.68. The number of aliphatic carboxylic acids is 1. The molecule has 0 bridgehead atoms. The quantitative estimate of drug-likeness (QED) is 0.780. The maximum atomic E-state index is 12.6. The van der Waals surface area contributed by atoms with Crippen LogP contribution < -0.4 is 10.3 Å². The van der Waals surface area contributed by atoms with Crippen LogP contribution >= 0.6 is 0 Å². The fourth-order valence-corrected chi connectivity index (χ4v) is 3.21. The molecule has 1 fully saturated rings. The van der Waals surface area contributed by atoms with Crippen LogP contribution in [0.3, 0.4) is 0 Å². The van der Waals surface area contributed by atoms with E-state index >= 15 is 0 Å². The Morgan fingerprint density at radius 1 is 1.35 bits per heavy atom. The highest BCUT2D eigenvalue weighted by Gasteiger charge is 2.27. The van der Waals surface area contributed by atoms with Gasteiger partial charge in [-0.2, -0.15) is 0 Å². The van der Waals surface area contributed by atoms with Crippen LogP contribution in [-0.2, 0) is 20.9 Å². The predicted octanol–water partition coefficient (Wildman–Crippen LogP) is 0.946. The third-order valence-corrected chi connectivity index (χ3v) is 4.70. The SMILES string of the molecule is CC1=C(CC(=O)O)C(=O)N(NCc2cccnc2N2CCOCC2)CC1. The van der Waals surface area contributed by atoms with E-state index in [0.717, 1.165) is 30.0 Å². The first-order valence-electron chi connectivity index (χ1n) is 8.78. The molecule has 3 heterocycles. The van der Waals surface area contributed by atoms with Crippen LogP contribution in [0.25, 0.3) is 0 Å². The normalized spacial score (nSPS) is 18.4. The topological polar surface area (TPSA) is 95.0 Å². The number of carboxylic acids is 1. The fourth-order valence-electron chi connectivity index (χ4n) is 3.21. The standard InChI is InChI=1S/C18H24N4O4/c1-13-4-6-22(18(25)15(13)11-16(23)24)20-12-14-3-2-5-19-17(14)21-7-9-26-10-8-21/h2-3,5,20H,4,6-12H2,1H3,(H,23,24). The number of nitrogens with zero attached hydrogens (tertiary/aromatic N) is 3. The van der Waals surface area contributed by atoms with Gasteiger partial charge in [0.25, 0.3) is 5.91 Å². The molecule has 2 N–H and O–H groups in total. The lowest BCUT2D eigenvalue weighted by atomic mass is 9.99. The van der Waals surface area contributed by atoms with Gasteiger partial charge in [0.2, 0.25) is 0 Å². The first kappa shape index (κ1) is 18.3. The number of anilines is 1. The number of nitrogens with one attached hydrogen (secondary N) is 1. The van der Waals surface area contributed by atoms with Gasteiger partial charge in [-0.3, -0.25) is 14.6 Å². The summed E-state index contributed by atoms with van der Waals surface area (Å²) in [6.07, 6.45) is 2.19. The molecule has 2 aliphatic rings.